The number of carboxylic acid groups (broad SMARTS) is 1. The van der Waals surface area contributed by atoms with Crippen molar-refractivity contribution in [3.05, 3.63) is 32.4 Å². The molecule has 0 heterocycles. The van der Waals surface area contributed by atoms with Crippen molar-refractivity contribution in [2.45, 2.75) is 18.9 Å². The van der Waals surface area contributed by atoms with E-state index in [0.717, 1.165) is 27.5 Å². The normalized spacial score (nSPS) is 19.4. The van der Waals surface area contributed by atoms with Crippen molar-refractivity contribution in [3.63, 3.8) is 0 Å². The second-order valence-electron chi connectivity index (χ2n) is 3.48. The van der Waals surface area contributed by atoms with Gasteiger partial charge in [-0.3, -0.25) is 0 Å². The lowest BCUT2D eigenvalue weighted by atomic mass is 10.1. The number of fused-ring (bicyclic) bond motifs is 1. The van der Waals surface area contributed by atoms with Crippen LogP contribution in [0.4, 0.5) is 0 Å². The quantitative estimate of drug-likeness (QED) is 0.779. The highest BCUT2D eigenvalue weighted by atomic mass is 127. The Balaban J connectivity index is 2.55. The fourth-order valence-corrected chi connectivity index (χ4v) is 2.55. The molecule has 0 spiro atoms. The summed E-state index contributed by atoms with van der Waals surface area (Å²) in [5.41, 5.74) is 8.48. The van der Waals surface area contributed by atoms with Gasteiger partial charge in [-0.1, -0.05) is 0 Å². The van der Waals surface area contributed by atoms with Gasteiger partial charge in [0.1, 0.15) is 0 Å². The average Bonchev–Trinajstić information content (AvgIpc) is 2.46. The van der Waals surface area contributed by atoms with E-state index in [1.807, 2.05) is 28.7 Å². The monoisotopic (exact) mass is 303 g/mol. The molecule has 0 amide bonds. The number of aromatic carboxylic acids is 1. The Morgan fingerprint density at radius 2 is 2.29 bits per heavy atom. The van der Waals surface area contributed by atoms with E-state index in [9.17, 15) is 4.79 Å². The molecule has 1 aromatic carbocycles. The lowest BCUT2D eigenvalue weighted by Gasteiger charge is -2.07. The Bertz CT molecular complexity index is 403. The van der Waals surface area contributed by atoms with Crippen LogP contribution in [-0.4, -0.2) is 11.1 Å². The maximum absolute atomic E-state index is 10.9. The van der Waals surface area contributed by atoms with Crippen molar-refractivity contribution in [1.82, 2.24) is 0 Å². The summed E-state index contributed by atoms with van der Waals surface area (Å²) >= 11 is 2.04. The predicted molar refractivity (Wildman–Crippen MR) is 61.4 cm³/mol. The molecule has 1 aliphatic carbocycles. The molecule has 1 aliphatic rings. The van der Waals surface area contributed by atoms with Gasteiger partial charge in [-0.2, -0.15) is 0 Å². The van der Waals surface area contributed by atoms with Gasteiger partial charge in [0.25, 0.3) is 0 Å². The molecular weight excluding hydrogens is 293 g/mol. The van der Waals surface area contributed by atoms with Crippen LogP contribution in [0, 0.1) is 3.57 Å². The number of nitrogens with two attached hydrogens (primary N) is 1. The Kier molecular flexibility index (Phi) is 2.48. The summed E-state index contributed by atoms with van der Waals surface area (Å²) in [7, 11) is 0. The van der Waals surface area contributed by atoms with Crippen molar-refractivity contribution in [2.75, 3.05) is 0 Å². The zero-order chi connectivity index (χ0) is 10.3. The summed E-state index contributed by atoms with van der Waals surface area (Å²) in [5.74, 6) is -0.863. The Morgan fingerprint density at radius 1 is 1.57 bits per heavy atom. The number of carboxylic acids is 1. The van der Waals surface area contributed by atoms with E-state index in [1.165, 1.54) is 0 Å². The second-order valence-corrected chi connectivity index (χ2v) is 4.64. The van der Waals surface area contributed by atoms with E-state index < -0.39 is 5.97 Å². The first kappa shape index (κ1) is 9.92. The Hall–Kier alpha value is -0.620. The molecule has 0 unspecified atom stereocenters. The highest BCUT2D eigenvalue weighted by Gasteiger charge is 2.22. The second kappa shape index (κ2) is 3.51. The van der Waals surface area contributed by atoms with Gasteiger partial charge in [-0.25, -0.2) is 4.79 Å². The molecule has 3 nitrogen and oxygen atoms in total. The minimum absolute atomic E-state index is 0.0846. The molecule has 0 fully saturated rings. The van der Waals surface area contributed by atoms with Crippen molar-refractivity contribution in [2.24, 2.45) is 5.73 Å². The van der Waals surface area contributed by atoms with Gasteiger partial charge in [0.05, 0.1) is 5.56 Å². The van der Waals surface area contributed by atoms with E-state index in [-0.39, 0.29) is 6.04 Å². The first-order chi connectivity index (χ1) is 6.59. The van der Waals surface area contributed by atoms with E-state index >= 15 is 0 Å². The number of benzene rings is 1. The maximum Gasteiger partial charge on any atom is 0.336 e. The standard InChI is InChI=1S/C10H10INO2/c11-8-4-6-5(1-2-9(6)12)3-7(8)10(13)14/h3-4,9H,1-2,12H2,(H,13,14)/t9-/m0/s1. The van der Waals surface area contributed by atoms with Crippen LogP contribution >= 0.6 is 22.6 Å². The van der Waals surface area contributed by atoms with Crippen LogP contribution < -0.4 is 5.73 Å². The molecular formula is C10H10INO2. The van der Waals surface area contributed by atoms with Crippen molar-refractivity contribution < 1.29 is 9.90 Å². The summed E-state index contributed by atoms with van der Waals surface area (Å²) in [4.78, 5) is 10.9. The van der Waals surface area contributed by atoms with Crippen molar-refractivity contribution in [3.8, 4) is 0 Å². The lowest BCUT2D eigenvalue weighted by molar-refractivity contribution is 0.0695. The molecule has 74 valence electrons. The van der Waals surface area contributed by atoms with Gasteiger partial charge in [0.2, 0.25) is 0 Å². The molecule has 0 aromatic heterocycles. The number of hydrogen-bond acceptors (Lipinski definition) is 2. The summed E-state index contributed by atoms with van der Waals surface area (Å²) in [5, 5.41) is 8.93. The van der Waals surface area contributed by atoms with Gasteiger partial charge in [0, 0.05) is 9.61 Å². The first-order valence-electron chi connectivity index (χ1n) is 4.41. The highest BCUT2D eigenvalue weighted by Crippen LogP contribution is 2.32. The molecule has 2 rings (SSSR count). The van der Waals surface area contributed by atoms with Crippen LogP contribution in [0.25, 0.3) is 0 Å². The SMILES string of the molecule is N[C@H]1CCc2cc(C(=O)O)c(I)cc21. The van der Waals surface area contributed by atoms with Crippen LogP contribution in [-0.2, 0) is 6.42 Å². The highest BCUT2D eigenvalue weighted by molar-refractivity contribution is 14.1. The summed E-state index contributed by atoms with van der Waals surface area (Å²) in [6, 6.07) is 3.74. The Morgan fingerprint density at radius 3 is 2.93 bits per heavy atom. The average molecular weight is 303 g/mol. The smallest absolute Gasteiger partial charge is 0.336 e. The van der Waals surface area contributed by atoms with Crippen LogP contribution in [0.5, 0.6) is 0 Å². The predicted octanol–water partition coefficient (Wildman–Crippen LogP) is 1.94. The molecule has 1 atom stereocenters. The fourth-order valence-electron chi connectivity index (χ4n) is 1.83. The molecule has 1 aromatic rings. The number of hydrogen-bond donors (Lipinski definition) is 2. The zero-order valence-electron chi connectivity index (χ0n) is 7.46. The van der Waals surface area contributed by atoms with Crippen LogP contribution in [0.3, 0.4) is 0 Å². The zero-order valence-corrected chi connectivity index (χ0v) is 9.61. The number of carbonyl (C=O) groups is 1. The van der Waals surface area contributed by atoms with E-state index in [0.29, 0.717) is 5.56 Å². The Labute approximate surface area is 95.4 Å². The number of aryl methyl sites for hydroxylation is 1. The van der Waals surface area contributed by atoms with Gasteiger partial charge in [0.15, 0.2) is 0 Å². The largest absolute Gasteiger partial charge is 0.478 e. The van der Waals surface area contributed by atoms with Crippen LogP contribution in [0.15, 0.2) is 12.1 Å². The minimum Gasteiger partial charge on any atom is -0.478 e. The molecule has 3 N–H and O–H groups in total. The molecule has 14 heavy (non-hydrogen) atoms. The summed E-state index contributed by atoms with van der Waals surface area (Å²) in [6.07, 6.45) is 1.82. The molecule has 0 aliphatic heterocycles. The maximum atomic E-state index is 10.9. The van der Waals surface area contributed by atoms with E-state index in [2.05, 4.69) is 0 Å². The first-order valence-corrected chi connectivity index (χ1v) is 5.48. The fraction of sp³-hybridized carbons (Fsp3) is 0.300. The third kappa shape index (κ3) is 1.52. The summed E-state index contributed by atoms with van der Waals surface area (Å²) in [6.45, 7) is 0. The number of rotatable bonds is 1. The molecule has 0 saturated carbocycles. The molecule has 4 heteroatoms. The third-order valence-corrected chi connectivity index (χ3v) is 3.48. The van der Waals surface area contributed by atoms with E-state index in [1.54, 1.807) is 6.07 Å². The molecule has 0 saturated heterocycles. The van der Waals surface area contributed by atoms with Gasteiger partial charge in [-0.05, 0) is 58.7 Å². The van der Waals surface area contributed by atoms with Gasteiger partial charge < -0.3 is 10.8 Å². The molecule has 0 radical (unpaired) electrons. The lowest BCUT2D eigenvalue weighted by Crippen LogP contribution is -2.07. The summed E-state index contributed by atoms with van der Waals surface area (Å²) < 4.78 is 0.770. The van der Waals surface area contributed by atoms with Crippen LogP contribution in [0.1, 0.15) is 33.9 Å². The topological polar surface area (TPSA) is 63.3 Å². The van der Waals surface area contributed by atoms with Crippen molar-refractivity contribution >= 4 is 28.6 Å². The minimum atomic E-state index is -0.863. The van der Waals surface area contributed by atoms with E-state index in [4.69, 9.17) is 10.8 Å². The third-order valence-electron chi connectivity index (χ3n) is 2.58. The van der Waals surface area contributed by atoms with Gasteiger partial charge >= 0.3 is 5.97 Å². The van der Waals surface area contributed by atoms with Gasteiger partial charge in [-0.15, -0.1) is 0 Å². The molecule has 0 bridgehead atoms. The number of halogens is 1. The van der Waals surface area contributed by atoms with Crippen molar-refractivity contribution in [1.29, 1.82) is 0 Å². The van der Waals surface area contributed by atoms with Crippen LogP contribution in [0.2, 0.25) is 0 Å².